The number of halogens is 1. The number of rotatable bonds is 4. The fraction of sp³-hybridized carbons (Fsp3) is 0.333. The fourth-order valence-corrected chi connectivity index (χ4v) is 0.869. The summed E-state index contributed by atoms with van der Waals surface area (Å²) in [5, 5.41) is 0. The topological polar surface area (TPSA) is 78.5 Å². The van der Waals surface area contributed by atoms with Gasteiger partial charge in [-0.3, -0.25) is 0 Å². The van der Waals surface area contributed by atoms with Crippen LogP contribution < -0.4 is 10.2 Å². The molecule has 0 radical (unpaired) electrons. The second kappa shape index (κ2) is 8.22. The molecule has 4 nitrogen and oxygen atoms in total. The molecule has 0 unspecified atom stereocenters. The van der Waals surface area contributed by atoms with Gasteiger partial charge in [0.05, 0.1) is 0 Å². The maximum Gasteiger partial charge on any atom is -0.870 e. The molecule has 1 aromatic carbocycles. The van der Waals surface area contributed by atoms with E-state index in [9.17, 15) is 4.39 Å². The molecule has 1 rings (SSSR count). The van der Waals surface area contributed by atoms with Crippen molar-refractivity contribution in [3.05, 3.63) is 24.0 Å². The minimum atomic E-state index is -0.448. The van der Waals surface area contributed by atoms with Crippen LogP contribution in [0.15, 0.2) is 18.2 Å². The number of hydrogen-bond donors (Lipinski definition) is 0. The minimum absolute atomic E-state index is 0. The smallest absolute Gasteiger partial charge is 0.870 e. The van der Waals surface area contributed by atoms with Crippen molar-refractivity contribution in [3.63, 3.8) is 0 Å². The summed E-state index contributed by atoms with van der Waals surface area (Å²) >= 11 is 0. The van der Waals surface area contributed by atoms with Crippen LogP contribution in [0.5, 0.6) is 5.75 Å². The van der Waals surface area contributed by atoms with Crippen molar-refractivity contribution in [1.82, 2.24) is 0 Å². The van der Waals surface area contributed by atoms with Crippen LogP contribution in [-0.2, 0) is 4.74 Å². The summed E-state index contributed by atoms with van der Waals surface area (Å²) in [5.41, 5.74) is 0.386. The summed E-state index contributed by atoms with van der Waals surface area (Å²) in [4.78, 5) is 0. The summed E-state index contributed by atoms with van der Waals surface area (Å²) in [6, 6.07) is 4.31. The summed E-state index contributed by atoms with van der Waals surface area (Å²) in [6.45, 7) is 0.765. The summed E-state index contributed by atoms with van der Waals surface area (Å²) < 4.78 is 22.9. The third-order valence-corrected chi connectivity index (χ3v) is 1.50. The van der Waals surface area contributed by atoms with Gasteiger partial charge in [-0.15, -0.1) is 0 Å². The normalized spacial score (nSPS) is 8.80. The molecule has 0 aliphatic carbocycles. The van der Waals surface area contributed by atoms with Gasteiger partial charge in [-0.25, -0.2) is 0 Å². The first-order chi connectivity index (χ1) is 6.24. The molecule has 0 fully saturated rings. The molecule has 0 atom stereocenters. The third-order valence-electron chi connectivity index (χ3n) is 1.50. The van der Waals surface area contributed by atoms with Crippen molar-refractivity contribution in [3.8, 4) is 5.75 Å². The Bertz CT molecular complexity index is 283. The van der Waals surface area contributed by atoms with Crippen LogP contribution in [0.3, 0.4) is 0 Å². The van der Waals surface area contributed by atoms with Crippen molar-refractivity contribution >= 4 is 13.3 Å². The molecule has 0 heterocycles. The number of hydrogen-bond acceptors (Lipinski definition) is 4. The zero-order chi connectivity index (χ0) is 9.68. The van der Waals surface area contributed by atoms with Crippen molar-refractivity contribution in [2.45, 2.75) is 0 Å². The Morgan fingerprint density at radius 3 is 2.47 bits per heavy atom. The molecular formula is C9H12BFO4. The zero-order valence-corrected chi connectivity index (χ0v) is 8.31. The van der Waals surface area contributed by atoms with Gasteiger partial charge >= 0.3 is 77.3 Å². The molecule has 82 valence electrons. The Kier molecular flexibility index (Phi) is 8.95. The van der Waals surface area contributed by atoms with E-state index >= 15 is 0 Å². The summed E-state index contributed by atoms with van der Waals surface area (Å²) in [6.07, 6.45) is 0. The molecule has 6 heteroatoms. The Labute approximate surface area is 89.0 Å². The van der Waals surface area contributed by atoms with E-state index in [0.29, 0.717) is 18.7 Å². The predicted molar refractivity (Wildman–Crippen MR) is 53.0 cm³/mol. The standard InChI is InChI=1S/C9H10BFO2.2H2O/c1-12-4-5-13-9-3-2-7(10)6-8(9)11;;/h2-3,6H,4-5H2,1H3;2*1H2/q+2;;/p-2. The number of benzene rings is 1. The van der Waals surface area contributed by atoms with Crippen molar-refractivity contribution in [1.29, 1.82) is 0 Å². The molecule has 0 saturated heterocycles. The van der Waals surface area contributed by atoms with Gasteiger partial charge in [-0.2, -0.15) is 0 Å². The Hall–Kier alpha value is -1.11. The number of ether oxygens (including phenoxy) is 2. The van der Waals surface area contributed by atoms with E-state index in [0.717, 1.165) is 0 Å². The van der Waals surface area contributed by atoms with Crippen LogP contribution in [0, 0.1) is 5.82 Å². The van der Waals surface area contributed by atoms with Crippen molar-refractivity contribution in [2.75, 3.05) is 20.3 Å². The maximum absolute atomic E-state index is 13.0. The molecule has 0 aliphatic rings. The SMILES string of the molecule is [B+2]c1ccc(OCCOC)c(F)c1.[OH-].[OH-]. The van der Waals surface area contributed by atoms with Crippen LogP contribution in [0.25, 0.3) is 0 Å². The first-order valence-corrected chi connectivity index (χ1v) is 3.91. The van der Waals surface area contributed by atoms with Gasteiger partial charge in [0, 0.05) is 0 Å². The van der Waals surface area contributed by atoms with Crippen LogP contribution in [0.2, 0.25) is 0 Å². The van der Waals surface area contributed by atoms with E-state index in [1.165, 1.54) is 12.1 Å². The van der Waals surface area contributed by atoms with Crippen LogP contribution in [0.4, 0.5) is 4.39 Å². The van der Waals surface area contributed by atoms with E-state index in [1.54, 1.807) is 13.2 Å². The van der Waals surface area contributed by atoms with Gasteiger partial charge < -0.3 is 11.0 Å². The Morgan fingerprint density at radius 2 is 1.93 bits per heavy atom. The Balaban J connectivity index is 0. The van der Waals surface area contributed by atoms with Crippen LogP contribution in [-0.4, -0.2) is 39.1 Å². The van der Waals surface area contributed by atoms with Crippen LogP contribution >= 0.6 is 0 Å². The number of methoxy groups -OCH3 is 1. The predicted octanol–water partition coefficient (Wildman–Crippen LogP) is 0.291. The molecule has 0 bridgehead atoms. The molecule has 0 amide bonds. The monoisotopic (exact) mass is 214 g/mol. The first-order valence-electron chi connectivity index (χ1n) is 3.91. The van der Waals surface area contributed by atoms with E-state index in [2.05, 4.69) is 0 Å². The van der Waals surface area contributed by atoms with Crippen molar-refractivity contribution < 1.29 is 24.8 Å². The molecule has 0 saturated carbocycles. The minimum Gasteiger partial charge on any atom is -0.870 e. The van der Waals surface area contributed by atoms with Gasteiger partial charge in [0.25, 0.3) is 0 Å². The summed E-state index contributed by atoms with van der Waals surface area (Å²) in [7, 11) is 6.92. The fourth-order valence-electron chi connectivity index (χ4n) is 0.869. The molecule has 0 aromatic heterocycles. The quantitative estimate of drug-likeness (QED) is 0.533. The maximum atomic E-state index is 13.0. The van der Waals surface area contributed by atoms with E-state index in [4.69, 9.17) is 17.3 Å². The molecule has 2 N–H and O–H groups in total. The molecule has 15 heavy (non-hydrogen) atoms. The molecular weight excluding hydrogens is 202 g/mol. The van der Waals surface area contributed by atoms with Gasteiger partial charge in [0.2, 0.25) is 0 Å². The van der Waals surface area contributed by atoms with Gasteiger partial charge in [0.1, 0.15) is 0 Å². The van der Waals surface area contributed by atoms with E-state index in [-0.39, 0.29) is 16.7 Å². The first kappa shape index (κ1) is 16.3. The van der Waals surface area contributed by atoms with Crippen LogP contribution in [0.1, 0.15) is 0 Å². The van der Waals surface area contributed by atoms with Gasteiger partial charge in [-0.05, 0) is 0 Å². The van der Waals surface area contributed by atoms with Crippen molar-refractivity contribution in [2.24, 2.45) is 0 Å². The summed E-state index contributed by atoms with van der Waals surface area (Å²) in [5.74, 6) is -0.248. The molecule has 1 aromatic rings. The average Bonchev–Trinajstić information content (AvgIpc) is 2.09. The largest absolute Gasteiger partial charge is 0.870 e. The van der Waals surface area contributed by atoms with Gasteiger partial charge in [0.15, 0.2) is 0 Å². The molecule has 0 aliphatic heterocycles. The molecule has 0 spiro atoms. The van der Waals surface area contributed by atoms with Gasteiger partial charge in [-0.1, -0.05) is 0 Å². The Morgan fingerprint density at radius 1 is 1.27 bits per heavy atom. The zero-order valence-electron chi connectivity index (χ0n) is 8.31. The van der Waals surface area contributed by atoms with E-state index < -0.39 is 5.82 Å². The average molecular weight is 214 g/mol. The van der Waals surface area contributed by atoms with E-state index in [1.807, 2.05) is 0 Å². The third kappa shape index (κ3) is 5.36. The second-order valence-electron chi connectivity index (χ2n) is 2.53. The second-order valence-corrected chi connectivity index (χ2v) is 2.53.